The van der Waals surface area contributed by atoms with Gasteiger partial charge in [0.05, 0.1) is 35.8 Å². The van der Waals surface area contributed by atoms with Crippen LogP contribution < -0.4 is 40.0 Å². The maximum atomic E-state index is 12.4. The molecule has 0 aromatic carbocycles. The molecule has 3 amide bonds. The number of β-lactam (4-membered cyclic amide) rings is 1. The third-order valence-electron chi connectivity index (χ3n) is 5.70. The van der Waals surface area contributed by atoms with Gasteiger partial charge in [0.2, 0.25) is 5.91 Å². The summed E-state index contributed by atoms with van der Waals surface area (Å²) in [6.07, 6.45) is 1.37. The molecule has 2 aliphatic heterocycles. The number of aliphatic hydroxyl groups excluding tert-OH is 1. The van der Waals surface area contributed by atoms with E-state index in [-0.39, 0.29) is 65.2 Å². The van der Waals surface area contributed by atoms with Gasteiger partial charge in [0, 0.05) is 19.5 Å². The number of carbonyl (C=O) groups excluding carboxylic acids is 3. The molecule has 2 fully saturated rings. The van der Waals surface area contributed by atoms with Crippen LogP contribution in [0.15, 0.2) is 11.3 Å². The minimum Gasteiger partial charge on any atom is -0.543 e. The second-order valence-electron chi connectivity index (χ2n) is 7.06. The van der Waals surface area contributed by atoms with Crippen LogP contribution in [0, 0.1) is 11.8 Å². The van der Waals surface area contributed by atoms with Crippen LogP contribution in [-0.4, -0.2) is 64.6 Å². The number of carboxylic acid groups (broad SMARTS) is 1. The molecule has 5 atom stereocenters. The zero-order valence-electron chi connectivity index (χ0n) is 15.7. The first kappa shape index (κ1) is 21.2. The van der Waals surface area contributed by atoms with Crippen LogP contribution in [0.3, 0.4) is 0 Å². The molecule has 0 bridgehead atoms. The van der Waals surface area contributed by atoms with E-state index in [4.69, 9.17) is 0 Å². The number of nitrogens with one attached hydrogen (secondary N) is 1. The van der Waals surface area contributed by atoms with Gasteiger partial charge >= 0.3 is 35.6 Å². The summed E-state index contributed by atoms with van der Waals surface area (Å²) in [5.41, 5.74) is 0.499. The summed E-state index contributed by atoms with van der Waals surface area (Å²) in [5.74, 6) is -2.51. The summed E-state index contributed by atoms with van der Waals surface area (Å²) in [6.45, 7) is 3.84. The second-order valence-corrected chi connectivity index (χ2v) is 7.06. The Bertz CT molecular complexity index is 650. The van der Waals surface area contributed by atoms with Crippen molar-refractivity contribution in [2.45, 2.75) is 51.3 Å². The van der Waals surface area contributed by atoms with Gasteiger partial charge in [-0.05, 0) is 32.3 Å². The summed E-state index contributed by atoms with van der Waals surface area (Å²) in [4.78, 5) is 39.2. The van der Waals surface area contributed by atoms with Crippen LogP contribution in [0.5, 0.6) is 0 Å². The molecule has 0 spiro atoms. The number of urea groups is 1. The number of hydrogen-bond donors (Lipinski definition) is 2. The first-order valence-corrected chi connectivity index (χ1v) is 8.78. The van der Waals surface area contributed by atoms with E-state index in [0.29, 0.717) is 18.5 Å². The summed E-state index contributed by atoms with van der Waals surface area (Å²) < 4.78 is 0. The summed E-state index contributed by atoms with van der Waals surface area (Å²) in [6, 6.07) is -1.00. The van der Waals surface area contributed by atoms with Crippen molar-refractivity contribution in [2.75, 3.05) is 13.6 Å². The Labute approximate surface area is 174 Å². The van der Waals surface area contributed by atoms with Crippen molar-refractivity contribution in [1.82, 2.24) is 15.1 Å². The van der Waals surface area contributed by atoms with Gasteiger partial charge in [-0.2, -0.15) is 0 Å². The van der Waals surface area contributed by atoms with Crippen LogP contribution in [-0.2, 0) is 9.59 Å². The number of aliphatic hydroxyl groups is 1. The molecular weight excluding hydrogens is 349 g/mol. The third kappa shape index (κ3) is 3.06. The molecule has 0 aromatic heterocycles. The van der Waals surface area contributed by atoms with Crippen LogP contribution in [0.4, 0.5) is 4.79 Å². The number of carbonyl (C=O) groups is 3. The standard InChI is InChI=1S/C17H25N3O5.Na/c1-4-18-17(25)19(3)10-7-5-6-9-12(10)14(16(23)24)20-13(9)11(8(2)21)15(20)22;/h8-11,13,21H,4-7H2,1-3H3,(H,18,25)(H,23,24);/q;+1/p-1/t8-,9+,10+,11-,13-;/m1./s1. The molecule has 0 aromatic rings. The van der Waals surface area contributed by atoms with Gasteiger partial charge in [0.1, 0.15) is 0 Å². The van der Waals surface area contributed by atoms with E-state index in [1.54, 1.807) is 14.0 Å². The van der Waals surface area contributed by atoms with Gasteiger partial charge < -0.3 is 30.1 Å². The molecule has 0 radical (unpaired) electrons. The summed E-state index contributed by atoms with van der Waals surface area (Å²) in [5, 5.41) is 24.4. The Morgan fingerprint density at radius 2 is 2.08 bits per heavy atom. The van der Waals surface area contributed by atoms with Crippen molar-refractivity contribution in [3.8, 4) is 0 Å². The van der Waals surface area contributed by atoms with Crippen molar-refractivity contribution in [2.24, 2.45) is 11.8 Å². The van der Waals surface area contributed by atoms with Gasteiger partial charge in [-0.15, -0.1) is 0 Å². The number of amides is 3. The van der Waals surface area contributed by atoms with Crippen LogP contribution in [0.2, 0.25) is 0 Å². The monoisotopic (exact) mass is 373 g/mol. The fourth-order valence-electron chi connectivity index (χ4n) is 4.67. The molecule has 2 heterocycles. The molecule has 138 valence electrons. The Hall–Kier alpha value is -1.09. The molecule has 1 saturated heterocycles. The number of carboxylic acids is 1. The third-order valence-corrected chi connectivity index (χ3v) is 5.70. The Balaban J connectivity index is 0.00000243. The van der Waals surface area contributed by atoms with Crippen molar-refractivity contribution in [3.63, 3.8) is 0 Å². The van der Waals surface area contributed by atoms with E-state index >= 15 is 0 Å². The first-order valence-electron chi connectivity index (χ1n) is 8.78. The zero-order valence-corrected chi connectivity index (χ0v) is 17.7. The number of rotatable bonds is 4. The van der Waals surface area contributed by atoms with Gasteiger partial charge in [-0.25, -0.2) is 4.79 Å². The average molecular weight is 373 g/mol. The van der Waals surface area contributed by atoms with E-state index in [1.165, 1.54) is 9.80 Å². The second kappa shape index (κ2) is 7.88. The van der Waals surface area contributed by atoms with Crippen molar-refractivity contribution in [3.05, 3.63) is 11.3 Å². The molecule has 26 heavy (non-hydrogen) atoms. The number of nitrogens with zero attached hydrogens (tertiary/aromatic N) is 2. The Kier molecular flexibility index (Phi) is 6.43. The van der Waals surface area contributed by atoms with Crippen molar-refractivity contribution in [1.29, 1.82) is 0 Å². The summed E-state index contributed by atoms with van der Waals surface area (Å²) in [7, 11) is 1.64. The molecule has 9 heteroatoms. The normalized spacial score (nSPS) is 30.6. The van der Waals surface area contributed by atoms with E-state index in [9.17, 15) is 24.6 Å². The summed E-state index contributed by atoms with van der Waals surface area (Å²) >= 11 is 0. The maximum Gasteiger partial charge on any atom is 1.00 e. The first-order chi connectivity index (χ1) is 11.8. The van der Waals surface area contributed by atoms with E-state index < -0.39 is 18.0 Å². The predicted molar refractivity (Wildman–Crippen MR) is 85.8 cm³/mol. The molecule has 8 nitrogen and oxygen atoms in total. The SMILES string of the molecule is CCNC(=O)N(C)[C@H]1CCC[C@H]2C1=C(C(=O)[O-])N1C(=O)[C@H]([C@@H](C)O)[C@@H]21.[Na+]. The molecule has 2 N–H and O–H groups in total. The number of likely N-dealkylation sites (N-methyl/N-ethyl adjacent to an activating group) is 1. The predicted octanol–water partition coefficient (Wildman–Crippen LogP) is -3.95. The largest absolute Gasteiger partial charge is 1.00 e. The molecule has 3 aliphatic rings. The van der Waals surface area contributed by atoms with Gasteiger partial charge in [0.25, 0.3) is 0 Å². The molecular formula is C17H24N3NaO5. The maximum absolute atomic E-state index is 12.4. The topological polar surface area (TPSA) is 113 Å². The number of hydrogen-bond acceptors (Lipinski definition) is 5. The quantitative estimate of drug-likeness (QED) is 0.386. The Morgan fingerprint density at radius 1 is 1.42 bits per heavy atom. The molecule has 1 saturated carbocycles. The van der Waals surface area contributed by atoms with Crippen LogP contribution in [0.1, 0.15) is 33.1 Å². The molecule has 0 unspecified atom stereocenters. The van der Waals surface area contributed by atoms with Gasteiger partial charge in [0.15, 0.2) is 0 Å². The van der Waals surface area contributed by atoms with Gasteiger partial charge in [-0.1, -0.05) is 6.42 Å². The Morgan fingerprint density at radius 3 is 2.62 bits per heavy atom. The minimum atomic E-state index is -1.39. The van der Waals surface area contributed by atoms with E-state index in [1.807, 2.05) is 6.92 Å². The van der Waals surface area contributed by atoms with Gasteiger partial charge in [-0.3, -0.25) is 4.79 Å². The zero-order chi connectivity index (χ0) is 18.5. The van der Waals surface area contributed by atoms with Crippen molar-refractivity contribution < 1.29 is 54.2 Å². The minimum absolute atomic E-state index is 0. The number of fused-ring (bicyclic) bond motifs is 3. The smallest absolute Gasteiger partial charge is 0.543 e. The fraction of sp³-hybridized carbons (Fsp3) is 0.706. The molecule has 1 aliphatic carbocycles. The molecule has 3 rings (SSSR count). The fourth-order valence-corrected chi connectivity index (χ4v) is 4.67. The van der Waals surface area contributed by atoms with Crippen LogP contribution >= 0.6 is 0 Å². The number of aliphatic carboxylic acids is 1. The van der Waals surface area contributed by atoms with E-state index in [2.05, 4.69) is 5.32 Å². The van der Waals surface area contributed by atoms with E-state index in [0.717, 1.165) is 12.8 Å². The average Bonchev–Trinajstić information content (AvgIpc) is 2.84. The van der Waals surface area contributed by atoms with Crippen molar-refractivity contribution >= 4 is 17.9 Å². The van der Waals surface area contributed by atoms with Crippen LogP contribution in [0.25, 0.3) is 0 Å².